The molecule has 26 heavy (non-hydrogen) atoms. The molecular weight excluding hydrogens is 334 g/mol. The van der Waals surface area contributed by atoms with Gasteiger partial charge >= 0.3 is 12.2 Å². The molecule has 0 atom stereocenters. The first kappa shape index (κ1) is 20.3. The Hall–Kier alpha value is -2.05. The van der Waals surface area contributed by atoms with Crippen LogP contribution in [0.1, 0.15) is 78.7 Å². The summed E-state index contributed by atoms with van der Waals surface area (Å²) >= 11 is 0. The van der Waals surface area contributed by atoms with E-state index in [1.165, 1.54) is 4.57 Å². The van der Waals surface area contributed by atoms with Crippen molar-refractivity contribution in [2.75, 3.05) is 6.54 Å². The minimum atomic E-state index is -0.602. The van der Waals surface area contributed by atoms with Crippen LogP contribution < -0.4 is 0 Å². The summed E-state index contributed by atoms with van der Waals surface area (Å²) < 4.78 is 12.5. The van der Waals surface area contributed by atoms with E-state index in [0.717, 1.165) is 18.7 Å². The zero-order valence-corrected chi connectivity index (χ0v) is 17.0. The Labute approximate surface area is 155 Å². The molecule has 1 saturated carbocycles. The first-order chi connectivity index (χ1) is 11.9. The van der Waals surface area contributed by atoms with Crippen molar-refractivity contribution in [1.29, 1.82) is 0 Å². The largest absolute Gasteiger partial charge is 0.444 e. The normalized spacial score (nSPS) is 14.9. The molecule has 146 valence electrons. The Morgan fingerprint density at radius 3 is 2.19 bits per heavy atom. The van der Waals surface area contributed by atoms with Crippen LogP contribution in [0, 0.1) is 0 Å². The maximum Gasteiger partial charge on any atom is 0.420 e. The second-order valence-corrected chi connectivity index (χ2v) is 8.69. The zero-order valence-electron chi connectivity index (χ0n) is 17.0. The molecular formula is C19H31N3O4. The van der Waals surface area contributed by atoms with Crippen LogP contribution in [0.25, 0.3) is 0 Å². The highest BCUT2D eigenvalue weighted by molar-refractivity contribution is 5.73. The lowest BCUT2D eigenvalue weighted by Gasteiger charge is -2.27. The van der Waals surface area contributed by atoms with Gasteiger partial charge in [0, 0.05) is 12.5 Å². The summed E-state index contributed by atoms with van der Waals surface area (Å²) in [5.41, 5.74) is -0.543. The summed E-state index contributed by atoms with van der Waals surface area (Å²) in [5.74, 6) is 1.00. The molecule has 0 unspecified atom stereocenters. The fraction of sp³-hybridized carbons (Fsp3) is 0.737. The molecule has 7 heteroatoms. The summed E-state index contributed by atoms with van der Waals surface area (Å²) in [6, 6.07) is 0. The van der Waals surface area contributed by atoms with E-state index in [9.17, 15) is 9.59 Å². The van der Waals surface area contributed by atoms with E-state index < -0.39 is 23.4 Å². The molecule has 1 aromatic heterocycles. The van der Waals surface area contributed by atoms with Crippen molar-refractivity contribution >= 4 is 12.2 Å². The van der Waals surface area contributed by atoms with Gasteiger partial charge in [-0.25, -0.2) is 19.1 Å². The predicted molar refractivity (Wildman–Crippen MR) is 98.2 cm³/mol. The van der Waals surface area contributed by atoms with Gasteiger partial charge in [0.15, 0.2) is 0 Å². The van der Waals surface area contributed by atoms with Gasteiger partial charge in [-0.3, -0.25) is 0 Å². The number of aromatic nitrogens is 2. The Morgan fingerprint density at radius 1 is 1.15 bits per heavy atom. The fourth-order valence-electron chi connectivity index (χ4n) is 2.49. The highest BCUT2D eigenvalue weighted by atomic mass is 16.6. The Balaban J connectivity index is 2.25. The van der Waals surface area contributed by atoms with Gasteiger partial charge in [-0.2, -0.15) is 0 Å². The van der Waals surface area contributed by atoms with Gasteiger partial charge in [0.25, 0.3) is 0 Å². The first-order valence-electron chi connectivity index (χ1n) is 9.19. The second-order valence-electron chi connectivity index (χ2n) is 8.69. The first-order valence-corrected chi connectivity index (χ1v) is 9.19. The van der Waals surface area contributed by atoms with E-state index in [2.05, 4.69) is 4.98 Å². The maximum absolute atomic E-state index is 12.7. The SMILES string of the molecule is CCN(Cc1cnc(C2CC2)n1C(=O)OC(C)(C)C)C(=O)OC(C)(C)C. The van der Waals surface area contributed by atoms with Crippen LogP contribution in [-0.2, 0) is 16.0 Å². The lowest BCUT2D eigenvalue weighted by molar-refractivity contribution is 0.0233. The van der Waals surface area contributed by atoms with Gasteiger partial charge in [0.1, 0.15) is 17.0 Å². The minimum absolute atomic E-state index is 0.240. The highest BCUT2D eigenvalue weighted by Crippen LogP contribution is 2.39. The molecule has 1 aliphatic rings. The fourth-order valence-corrected chi connectivity index (χ4v) is 2.49. The number of nitrogens with zero attached hydrogens (tertiary/aromatic N) is 3. The van der Waals surface area contributed by atoms with E-state index in [0.29, 0.717) is 12.2 Å². The molecule has 1 fully saturated rings. The summed E-state index contributed by atoms with van der Waals surface area (Å²) in [4.78, 5) is 31.1. The van der Waals surface area contributed by atoms with E-state index in [1.54, 1.807) is 11.1 Å². The van der Waals surface area contributed by atoms with Crippen LogP contribution >= 0.6 is 0 Å². The third-order valence-corrected chi connectivity index (χ3v) is 3.77. The standard InChI is InChI=1S/C19H31N3O4/c1-8-21(16(23)25-18(2,3)4)12-14-11-20-15(13-9-10-13)22(14)17(24)26-19(5,6)7/h11,13H,8-10,12H2,1-7H3. The number of hydrogen-bond acceptors (Lipinski definition) is 5. The van der Waals surface area contributed by atoms with Crippen molar-refractivity contribution in [2.45, 2.75) is 85.0 Å². The highest BCUT2D eigenvalue weighted by Gasteiger charge is 2.34. The molecule has 0 bridgehead atoms. The molecule has 1 heterocycles. The van der Waals surface area contributed by atoms with Gasteiger partial charge in [0.2, 0.25) is 0 Å². The molecule has 0 saturated heterocycles. The van der Waals surface area contributed by atoms with E-state index in [-0.39, 0.29) is 12.5 Å². The predicted octanol–water partition coefficient (Wildman–Crippen LogP) is 4.30. The molecule has 0 aliphatic heterocycles. The van der Waals surface area contributed by atoms with Crippen molar-refractivity contribution in [3.8, 4) is 0 Å². The average Bonchev–Trinajstić information content (AvgIpc) is 3.21. The van der Waals surface area contributed by atoms with Crippen molar-refractivity contribution < 1.29 is 19.1 Å². The van der Waals surface area contributed by atoms with Gasteiger partial charge < -0.3 is 14.4 Å². The number of hydrogen-bond donors (Lipinski definition) is 0. The summed E-state index contributed by atoms with van der Waals surface area (Å²) in [5, 5.41) is 0. The molecule has 7 nitrogen and oxygen atoms in total. The molecule has 0 spiro atoms. The second kappa shape index (κ2) is 7.29. The Bertz CT molecular complexity index is 663. The van der Waals surface area contributed by atoms with Crippen LogP contribution in [0.3, 0.4) is 0 Å². The number of carbonyl (C=O) groups is 2. The third-order valence-electron chi connectivity index (χ3n) is 3.77. The Morgan fingerprint density at radius 2 is 1.73 bits per heavy atom. The molecule has 1 aliphatic carbocycles. The lowest BCUT2D eigenvalue weighted by Crippen LogP contribution is -2.37. The monoisotopic (exact) mass is 365 g/mol. The van der Waals surface area contributed by atoms with Crippen LogP contribution in [0.5, 0.6) is 0 Å². The molecule has 0 aromatic carbocycles. The van der Waals surface area contributed by atoms with E-state index >= 15 is 0 Å². The lowest BCUT2D eigenvalue weighted by atomic mass is 10.2. The van der Waals surface area contributed by atoms with Gasteiger partial charge in [-0.1, -0.05) is 0 Å². The van der Waals surface area contributed by atoms with Crippen LogP contribution in [0.15, 0.2) is 6.20 Å². The summed E-state index contributed by atoms with van der Waals surface area (Å²) in [7, 11) is 0. The number of imidazole rings is 1. The number of amides is 1. The number of ether oxygens (including phenoxy) is 2. The van der Waals surface area contributed by atoms with Crippen LogP contribution in [-0.4, -0.2) is 44.4 Å². The van der Waals surface area contributed by atoms with Gasteiger partial charge in [-0.05, 0) is 61.3 Å². The molecule has 0 N–H and O–H groups in total. The maximum atomic E-state index is 12.7. The Kier molecular flexibility index (Phi) is 5.68. The minimum Gasteiger partial charge on any atom is -0.444 e. The zero-order chi connectivity index (χ0) is 19.7. The van der Waals surface area contributed by atoms with Crippen LogP contribution in [0.2, 0.25) is 0 Å². The summed E-state index contributed by atoms with van der Waals surface area (Å²) in [6.07, 6.45) is 2.83. The van der Waals surface area contributed by atoms with E-state index in [1.807, 2.05) is 48.5 Å². The topological polar surface area (TPSA) is 73.7 Å². The van der Waals surface area contributed by atoms with Crippen molar-refractivity contribution in [3.63, 3.8) is 0 Å². The molecule has 2 rings (SSSR count). The van der Waals surface area contributed by atoms with Crippen molar-refractivity contribution in [2.24, 2.45) is 0 Å². The smallest absolute Gasteiger partial charge is 0.420 e. The molecule has 1 aromatic rings. The summed E-state index contributed by atoms with van der Waals surface area (Å²) in [6.45, 7) is 13.6. The van der Waals surface area contributed by atoms with Crippen LogP contribution in [0.4, 0.5) is 9.59 Å². The van der Waals surface area contributed by atoms with Crippen molar-refractivity contribution in [3.05, 3.63) is 17.7 Å². The average molecular weight is 365 g/mol. The number of rotatable bonds is 4. The number of carbonyl (C=O) groups excluding carboxylic acids is 2. The van der Waals surface area contributed by atoms with Gasteiger partial charge in [-0.15, -0.1) is 0 Å². The molecule has 0 radical (unpaired) electrons. The van der Waals surface area contributed by atoms with E-state index in [4.69, 9.17) is 9.47 Å². The van der Waals surface area contributed by atoms with Crippen molar-refractivity contribution in [1.82, 2.24) is 14.5 Å². The molecule has 1 amide bonds. The third kappa shape index (κ3) is 5.47. The quantitative estimate of drug-likeness (QED) is 0.795. The van der Waals surface area contributed by atoms with Gasteiger partial charge in [0.05, 0.1) is 18.4 Å².